The van der Waals surface area contributed by atoms with Crippen LogP contribution in [0.5, 0.6) is 11.5 Å². The molecule has 86 valence electrons. The second-order valence-electron chi connectivity index (χ2n) is 4.39. The number of fused-ring (bicyclic) bond motifs is 4. The number of nitrogens with one attached hydrogen (secondary N) is 1. The van der Waals surface area contributed by atoms with Crippen LogP contribution in [0.15, 0.2) is 48.7 Å². The Morgan fingerprint density at radius 1 is 0.833 bits per heavy atom. The number of hydrogen-bond acceptors (Lipinski definition) is 1. The first-order valence-electron chi connectivity index (χ1n) is 5.97. The summed E-state index contributed by atoms with van der Waals surface area (Å²) in [6, 6.07) is 14.2. The molecule has 0 bridgehead atoms. The zero-order valence-electron chi connectivity index (χ0n) is 9.68. The summed E-state index contributed by atoms with van der Waals surface area (Å²) in [6.07, 6.45) is 6.16. The van der Waals surface area contributed by atoms with Crippen LogP contribution in [-0.2, 0) is 0 Å². The third-order valence-corrected chi connectivity index (χ3v) is 3.30. The van der Waals surface area contributed by atoms with Gasteiger partial charge < -0.3 is 9.72 Å². The molecule has 2 heteroatoms. The molecule has 1 aromatic heterocycles. The maximum absolute atomic E-state index is 6.00. The second kappa shape index (κ2) is 3.50. The summed E-state index contributed by atoms with van der Waals surface area (Å²) in [6.45, 7) is 0. The minimum absolute atomic E-state index is 0.895. The molecule has 0 radical (unpaired) electrons. The van der Waals surface area contributed by atoms with Crippen LogP contribution >= 0.6 is 0 Å². The van der Waals surface area contributed by atoms with Crippen molar-refractivity contribution in [3.05, 3.63) is 59.8 Å². The first-order valence-corrected chi connectivity index (χ1v) is 5.97. The van der Waals surface area contributed by atoms with E-state index in [1.54, 1.807) is 0 Å². The highest BCUT2D eigenvalue weighted by atomic mass is 16.5. The first kappa shape index (κ1) is 9.54. The summed E-state index contributed by atoms with van der Waals surface area (Å²) in [4.78, 5) is 3.27. The zero-order valence-corrected chi connectivity index (χ0v) is 9.68. The van der Waals surface area contributed by atoms with E-state index >= 15 is 0 Å². The Hall–Kier alpha value is -2.48. The molecule has 0 atom stereocenters. The minimum Gasteiger partial charge on any atom is -0.456 e. The standard InChI is InChI=1S/C16H11NO/c1-2-4-14-11(3-1)5-7-13-15(18-14)8-6-12-9-10-17-16(12)13/h1-10,17H. The van der Waals surface area contributed by atoms with E-state index in [4.69, 9.17) is 4.74 Å². The summed E-state index contributed by atoms with van der Waals surface area (Å²) in [5.74, 6) is 1.80. The normalized spacial score (nSPS) is 12.7. The van der Waals surface area contributed by atoms with E-state index < -0.39 is 0 Å². The molecule has 2 nitrogen and oxygen atoms in total. The van der Waals surface area contributed by atoms with Gasteiger partial charge in [-0.3, -0.25) is 0 Å². The van der Waals surface area contributed by atoms with Gasteiger partial charge in [0.15, 0.2) is 0 Å². The maximum atomic E-state index is 6.00. The number of ether oxygens (including phenoxy) is 1. The fraction of sp³-hybridized carbons (Fsp3) is 0. The van der Waals surface area contributed by atoms with E-state index in [9.17, 15) is 0 Å². The van der Waals surface area contributed by atoms with Crippen LogP contribution in [0.1, 0.15) is 11.1 Å². The Kier molecular flexibility index (Phi) is 1.86. The minimum atomic E-state index is 0.895. The van der Waals surface area contributed by atoms with Crippen molar-refractivity contribution in [1.29, 1.82) is 0 Å². The fourth-order valence-electron chi connectivity index (χ4n) is 2.39. The van der Waals surface area contributed by atoms with Gasteiger partial charge in [-0.2, -0.15) is 0 Å². The van der Waals surface area contributed by atoms with Gasteiger partial charge in [-0.15, -0.1) is 0 Å². The van der Waals surface area contributed by atoms with Gasteiger partial charge in [0, 0.05) is 22.7 Å². The number of rotatable bonds is 0. The highest BCUT2D eigenvalue weighted by Crippen LogP contribution is 2.36. The molecule has 0 saturated heterocycles. The molecule has 0 aliphatic carbocycles. The molecule has 2 aromatic carbocycles. The lowest BCUT2D eigenvalue weighted by atomic mass is 10.1. The van der Waals surface area contributed by atoms with Gasteiger partial charge in [-0.05, 0) is 30.3 Å². The summed E-state index contributed by atoms with van der Waals surface area (Å²) >= 11 is 0. The van der Waals surface area contributed by atoms with Gasteiger partial charge >= 0.3 is 0 Å². The molecular weight excluding hydrogens is 222 g/mol. The van der Waals surface area contributed by atoms with Crippen LogP contribution in [0.25, 0.3) is 23.1 Å². The highest BCUT2D eigenvalue weighted by molar-refractivity contribution is 5.94. The first-order chi connectivity index (χ1) is 8.92. The van der Waals surface area contributed by atoms with Crippen molar-refractivity contribution in [2.75, 3.05) is 0 Å². The molecule has 0 spiro atoms. The predicted molar refractivity (Wildman–Crippen MR) is 73.7 cm³/mol. The van der Waals surface area contributed by atoms with Gasteiger partial charge in [0.2, 0.25) is 0 Å². The molecule has 0 fully saturated rings. The van der Waals surface area contributed by atoms with E-state index in [0.29, 0.717) is 0 Å². The van der Waals surface area contributed by atoms with E-state index in [0.717, 1.165) is 28.1 Å². The van der Waals surface area contributed by atoms with Gasteiger partial charge in [0.1, 0.15) is 11.5 Å². The lowest BCUT2D eigenvalue weighted by molar-refractivity contribution is 0.482. The summed E-state index contributed by atoms with van der Waals surface area (Å²) < 4.78 is 6.00. The number of para-hydroxylation sites is 1. The molecule has 0 saturated carbocycles. The third-order valence-electron chi connectivity index (χ3n) is 3.30. The van der Waals surface area contributed by atoms with Crippen LogP contribution in [0, 0.1) is 0 Å². The van der Waals surface area contributed by atoms with E-state index in [1.807, 2.05) is 30.5 Å². The zero-order chi connectivity index (χ0) is 11.9. The molecule has 3 aromatic rings. The van der Waals surface area contributed by atoms with Crippen LogP contribution in [0.4, 0.5) is 0 Å². The second-order valence-corrected chi connectivity index (χ2v) is 4.39. The maximum Gasteiger partial charge on any atom is 0.136 e. The van der Waals surface area contributed by atoms with E-state index in [2.05, 4.69) is 35.3 Å². The van der Waals surface area contributed by atoms with Crippen LogP contribution in [-0.4, -0.2) is 4.98 Å². The molecule has 0 amide bonds. The Bertz CT molecular complexity index is 768. The lowest BCUT2D eigenvalue weighted by Crippen LogP contribution is -1.87. The summed E-state index contributed by atoms with van der Waals surface area (Å²) in [5, 5.41) is 1.20. The number of hydrogen-bond donors (Lipinski definition) is 1. The number of benzene rings is 2. The highest BCUT2D eigenvalue weighted by Gasteiger charge is 2.12. The van der Waals surface area contributed by atoms with Crippen LogP contribution < -0.4 is 4.74 Å². The van der Waals surface area contributed by atoms with Gasteiger partial charge in [-0.25, -0.2) is 0 Å². The Morgan fingerprint density at radius 3 is 2.78 bits per heavy atom. The number of aromatic amines is 1. The quantitative estimate of drug-likeness (QED) is 0.477. The Labute approximate surface area is 105 Å². The molecule has 2 heterocycles. The molecular formula is C16H11NO. The SMILES string of the molecule is C1=Cc2c(ccc3cc[nH]c23)Oc2ccccc21. The van der Waals surface area contributed by atoms with Crippen molar-refractivity contribution in [2.24, 2.45) is 0 Å². The van der Waals surface area contributed by atoms with Crippen molar-refractivity contribution < 1.29 is 4.74 Å². The Balaban J connectivity index is 2.01. The fourth-order valence-corrected chi connectivity index (χ4v) is 2.39. The van der Waals surface area contributed by atoms with Crippen LogP contribution in [0.2, 0.25) is 0 Å². The number of aromatic nitrogens is 1. The molecule has 1 aliphatic rings. The van der Waals surface area contributed by atoms with E-state index in [-0.39, 0.29) is 0 Å². The van der Waals surface area contributed by atoms with Crippen molar-refractivity contribution in [3.63, 3.8) is 0 Å². The molecule has 18 heavy (non-hydrogen) atoms. The molecule has 1 N–H and O–H groups in total. The predicted octanol–water partition coefficient (Wildman–Crippen LogP) is 4.44. The van der Waals surface area contributed by atoms with Crippen LogP contribution in [0.3, 0.4) is 0 Å². The van der Waals surface area contributed by atoms with Crippen molar-refractivity contribution >= 4 is 23.1 Å². The van der Waals surface area contributed by atoms with Crippen molar-refractivity contribution in [2.45, 2.75) is 0 Å². The monoisotopic (exact) mass is 233 g/mol. The third kappa shape index (κ3) is 1.29. The summed E-state index contributed by atoms with van der Waals surface area (Å²) in [5.41, 5.74) is 3.33. The lowest BCUT2D eigenvalue weighted by Gasteiger charge is -2.08. The number of H-pyrrole nitrogens is 1. The molecule has 0 unspecified atom stereocenters. The molecule has 4 rings (SSSR count). The van der Waals surface area contributed by atoms with Gasteiger partial charge in [-0.1, -0.05) is 24.3 Å². The summed E-state index contributed by atoms with van der Waals surface area (Å²) in [7, 11) is 0. The largest absolute Gasteiger partial charge is 0.456 e. The van der Waals surface area contributed by atoms with Gasteiger partial charge in [0.05, 0.1) is 5.52 Å². The van der Waals surface area contributed by atoms with Crippen molar-refractivity contribution in [1.82, 2.24) is 4.98 Å². The molecule has 1 aliphatic heterocycles. The smallest absolute Gasteiger partial charge is 0.136 e. The average molecular weight is 233 g/mol. The average Bonchev–Trinajstić information content (AvgIpc) is 2.79. The topological polar surface area (TPSA) is 25.0 Å². The van der Waals surface area contributed by atoms with E-state index in [1.165, 1.54) is 5.39 Å². The Morgan fingerprint density at radius 2 is 1.78 bits per heavy atom. The van der Waals surface area contributed by atoms with Gasteiger partial charge in [0.25, 0.3) is 0 Å². The van der Waals surface area contributed by atoms with Crippen molar-refractivity contribution in [3.8, 4) is 11.5 Å².